The highest BCUT2D eigenvalue weighted by Gasteiger charge is 2.14. The molecule has 0 radical (unpaired) electrons. The summed E-state index contributed by atoms with van der Waals surface area (Å²) in [5.41, 5.74) is 3.31. The van der Waals surface area contributed by atoms with Gasteiger partial charge in [-0.2, -0.15) is 0 Å². The molecular formula is C20H22N2O4. The van der Waals surface area contributed by atoms with Crippen molar-refractivity contribution >= 4 is 23.5 Å². The number of carbonyl (C=O) groups is 3. The third-order valence-corrected chi connectivity index (χ3v) is 3.98. The second-order valence-electron chi connectivity index (χ2n) is 6.15. The third kappa shape index (κ3) is 4.69. The monoisotopic (exact) mass is 354 g/mol. The maximum Gasteiger partial charge on any atom is 0.338 e. The molecule has 0 saturated carbocycles. The van der Waals surface area contributed by atoms with E-state index in [9.17, 15) is 14.4 Å². The van der Waals surface area contributed by atoms with E-state index in [0.717, 1.165) is 11.1 Å². The molecule has 0 heterocycles. The van der Waals surface area contributed by atoms with Crippen molar-refractivity contribution in [2.75, 3.05) is 26.0 Å². The SMILES string of the molecule is Cc1cccc(C(=O)OCC(=O)Nc2ccc(C(=O)N(C)C)cc2)c1C. The Morgan fingerprint density at radius 3 is 2.27 bits per heavy atom. The lowest BCUT2D eigenvalue weighted by Gasteiger charge is -2.11. The van der Waals surface area contributed by atoms with Crippen molar-refractivity contribution in [3.05, 3.63) is 64.7 Å². The van der Waals surface area contributed by atoms with Crippen LogP contribution >= 0.6 is 0 Å². The Hall–Kier alpha value is -3.15. The molecule has 0 unspecified atom stereocenters. The highest BCUT2D eigenvalue weighted by atomic mass is 16.5. The van der Waals surface area contributed by atoms with Crippen molar-refractivity contribution in [2.24, 2.45) is 0 Å². The average molecular weight is 354 g/mol. The summed E-state index contributed by atoms with van der Waals surface area (Å²) in [4.78, 5) is 37.4. The fourth-order valence-electron chi connectivity index (χ4n) is 2.33. The number of amides is 2. The van der Waals surface area contributed by atoms with Crippen LogP contribution in [0.2, 0.25) is 0 Å². The minimum atomic E-state index is -0.534. The second-order valence-corrected chi connectivity index (χ2v) is 6.15. The van der Waals surface area contributed by atoms with Crippen LogP contribution in [0.4, 0.5) is 5.69 Å². The standard InChI is InChI=1S/C20H22N2O4/c1-13-6-5-7-17(14(13)2)20(25)26-12-18(23)21-16-10-8-15(9-11-16)19(24)22(3)4/h5-11H,12H2,1-4H3,(H,21,23). The number of carbonyl (C=O) groups excluding carboxylic acids is 3. The molecule has 0 aromatic heterocycles. The van der Waals surface area contributed by atoms with Crippen LogP contribution in [0.15, 0.2) is 42.5 Å². The largest absolute Gasteiger partial charge is 0.452 e. The molecule has 0 aliphatic heterocycles. The van der Waals surface area contributed by atoms with Crippen LogP contribution in [-0.4, -0.2) is 43.4 Å². The van der Waals surface area contributed by atoms with E-state index in [1.165, 1.54) is 4.90 Å². The lowest BCUT2D eigenvalue weighted by atomic mass is 10.0. The maximum absolute atomic E-state index is 12.1. The highest BCUT2D eigenvalue weighted by molar-refractivity contribution is 5.97. The predicted molar refractivity (Wildman–Crippen MR) is 99.3 cm³/mol. The van der Waals surface area contributed by atoms with Crippen LogP contribution in [0, 0.1) is 13.8 Å². The van der Waals surface area contributed by atoms with Gasteiger partial charge in [-0.15, -0.1) is 0 Å². The predicted octanol–water partition coefficient (Wildman–Crippen LogP) is 2.80. The van der Waals surface area contributed by atoms with Gasteiger partial charge in [0.2, 0.25) is 0 Å². The van der Waals surface area contributed by atoms with Gasteiger partial charge < -0.3 is 15.0 Å². The Bertz CT molecular complexity index is 826. The Labute approximate surface area is 152 Å². The molecule has 6 nitrogen and oxygen atoms in total. The van der Waals surface area contributed by atoms with Gasteiger partial charge in [-0.3, -0.25) is 9.59 Å². The lowest BCUT2D eigenvalue weighted by Crippen LogP contribution is -2.22. The first-order chi connectivity index (χ1) is 12.3. The number of benzene rings is 2. The van der Waals surface area contributed by atoms with Gasteiger partial charge in [-0.1, -0.05) is 12.1 Å². The average Bonchev–Trinajstić information content (AvgIpc) is 2.62. The van der Waals surface area contributed by atoms with Crippen molar-refractivity contribution in [2.45, 2.75) is 13.8 Å². The zero-order valence-corrected chi connectivity index (χ0v) is 15.3. The van der Waals surface area contributed by atoms with Crippen molar-refractivity contribution in [1.29, 1.82) is 0 Å². The number of esters is 1. The van der Waals surface area contributed by atoms with E-state index in [1.807, 2.05) is 19.9 Å². The van der Waals surface area contributed by atoms with Crippen LogP contribution < -0.4 is 5.32 Å². The molecule has 2 aromatic rings. The molecule has 6 heteroatoms. The number of anilines is 1. The number of ether oxygens (including phenoxy) is 1. The van der Waals surface area contributed by atoms with Gasteiger partial charge in [0.25, 0.3) is 11.8 Å². The highest BCUT2D eigenvalue weighted by Crippen LogP contribution is 2.14. The number of hydrogen-bond donors (Lipinski definition) is 1. The molecule has 26 heavy (non-hydrogen) atoms. The van der Waals surface area contributed by atoms with E-state index in [2.05, 4.69) is 5.32 Å². The van der Waals surface area contributed by atoms with Crippen LogP contribution in [0.3, 0.4) is 0 Å². The molecule has 0 aliphatic rings. The van der Waals surface area contributed by atoms with E-state index >= 15 is 0 Å². The second kappa shape index (κ2) is 8.29. The smallest absolute Gasteiger partial charge is 0.338 e. The molecular weight excluding hydrogens is 332 g/mol. The minimum absolute atomic E-state index is 0.120. The Balaban J connectivity index is 1.91. The van der Waals surface area contributed by atoms with E-state index in [4.69, 9.17) is 4.74 Å². The summed E-state index contributed by atoms with van der Waals surface area (Å²) >= 11 is 0. The van der Waals surface area contributed by atoms with Gasteiger partial charge in [0.05, 0.1) is 5.56 Å². The van der Waals surface area contributed by atoms with Gasteiger partial charge in [-0.05, 0) is 55.3 Å². The van der Waals surface area contributed by atoms with Gasteiger partial charge in [0, 0.05) is 25.3 Å². The maximum atomic E-state index is 12.1. The van der Waals surface area contributed by atoms with Crippen LogP contribution in [0.5, 0.6) is 0 Å². The summed E-state index contributed by atoms with van der Waals surface area (Å²) in [5.74, 6) is -1.10. The molecule has 0 saturated heterocycles. The van der Waals surface area contributed by atoms with Crippen LogP contribution in [0.1, 0.15) is 31.8 Å². The van der Waals surface area contributed by atoms with Crippen molar-refractivity contribution in [1.82, 2.24) is 4.90 Å². The number of aryl methyl sites for hydroxylation is 1. The molecule has 0 spiro atoms. The van der Waals surface area contributed by atoms with Gasteiger partial charge >= 0.3 is 5.97 Å². The topological polar surface area (TPSA) is 75.7 Å². The summed E-state index contributed by atoms with van der Waals surface area (Å²) in [5, 5.41) is 2.63. The summed E-state index contributed by atoms with van der Waals surface area (Å²) in [7, 11) is 3.34. The number of hydrogen-bond acceptors (Lipinski definition) is 4. The number of nitrogens with one attached hydrogen (secondary N) is 1. The number of rotatable bonds is 5. The zero-order chi connectivity index (χ0) is 19.3. The molecule has 2 amide bonds. The normalized spacial score (nSPS) is 10.2. The Morgan fingerprint density at radius 1 is 1.00 bits per heavy atom. The van der Waals surface area contributed by atoms with Crippen molar-refractivity contribution in [3.63, 3.8) is 0 Å². The fraction of sp³-hybridized carbons (Fsp3) is 0.250. The molecule has 2 rings (SSSR count). The number of nitrogens with zero attached hydrogens (tertiary/aromatic N) is 1. The third-order valence-electron chi connectivity index (χ3n) is 3.98. The summed E-state index contributed by atoms with van der Waals surface area (Å²) in [6.45, 7) is 3.36. The van der Waals surface area contributed by atoms with Crippen LogP contribution in [0.25, 0.3) is 0 Å². The first-order valence-corrected chi connectivity index (χ1v) is 8.14. The molecule has 0 fully saturated rings. The lowest BCUT2D eigenvalue weighted by molar-refractivity contribution is -0.119. The minimum Gasteiger partial charge on any atom is -0.452 e. The van der Waals surface area contributed by atoms with Gasteiger partial charge in [0.1, 0.15) is 0 Å². The summed E-state index contributed by atoms with van der Waals surface area (Å²) < 4.78 is 5.08. The Morgan fingerprint density at radius 2 is 1.65 bits per heavy atom. The van der Waals surface area contributed by atoms with E-state index < -0.39 is 11.9 Å². The zero-order valence-electron chi connectivity index (χ0n) is 15.3. The van der Waals surface area contributed by atoms with E-state index in [0.29, 0.717) is 16.8 Å². The molecule has 0 atom stereocenters. The first kappa shape index (κ1) is 19.2. The van der Waals surface area contributed by atoms with Crippen molar-refractivity contribution < 1.29 is 19.1 Å². The van der Waals surface area contributed by atoms with E-state index in [-0.39, 0.29) is 12.5 Å². The summed E-state index contributed by atoms with van der Waals surface area (Å²) in [6, 6.07) is 11.9. The van der Waals surface area contributed by atoms with Crippen molar-refractivity contribution in [3.8, 4) is 0 Å². The molecule has 0 aliphatic carbocycles. The van der Waals surface area contributed by atoms with Gasteiger partial charge in [0.15, 0.2) is 6.61 Å². The first-order valence-electron chi connectivity index (χ1n) is 8.14. The molecule has 0 bridgehead atoms. The van der Waals surface area contributed by atoms with Crippen LogP contribution in [-0.2, 0) is 9.53 Å². The summed E-state index contributed by atoms with van der Waals surface area (Å²) in [6.07, 6.45) is 0. The quantitative estimate of drug-likeness (QED) is 0.838. The fourth-order valence-corrected chi connectivity index (χ4v) is 2.33. The Kier molecular flexibility index (Phi) is 6.11. The van der Waals surface area contributed by atoms with Gasteiger partial charge in [-0.25, -0.2) is 4.79 Å². The van der Waals surface area contributed by atoms with E-state index in [1.54, 1.807) is 50.5 Å². The molecule has 1 N–H and O–H groups in total. The molecule has 136 valence electrons. The molecule has 2 aromatic carbocycles.